The zero-order valence-corrected chi connectivity index (χ0v) is 14.9. The fourth-order valence-corrected chi connectivity index (χ4v) is 5.37. The van der Waals surface area contributed by atoms with Gasteiger partial charge in [0, 0.05) is 38.3 Å². The summed E-state index contributed by atoms with van der Waals surface area (Å²) >= 11 is 0. The topological polar surface area (TPSA) is 66.7 Å². The van der Waals surface area contributed by atoms with Crippen LogP contribution in [0.3, 0.4) is 0 Å². The first-order chi connectivity index (χ1) is 11.9. The highest BCUT2D eigenvalue weighted by molar-refractivity contribution is 5.93. The lowest BCUT2D eigenvalue weighted by Crippen LogP contribution is -2.76. The standard InChI is InChI=1S/C19H25N3O3/c1-3-4-9-19-12-20-10-18(2,17(19)23)11-21(13-19)16(20)14-5-7-15(8-6-14)22(24)25/h5-8,16H,3-4,9-13H2,1-2H3. The van der Waals surface area contributed by atoms with Gasteiger partial charge in [0.1, 0.15) is 5.78 Å². The van der Waals surface area contributed by atoms with Gasteiger partial charge in [-0.2, -0.15) is 0 Å². The molecule has 2 unspecified atom stereocenters. The molecule has 1 aromatic rings. The number of carbonyl (C=O) groups is 1. The molecule has 4 aliphatic rings. The van der Waals surface area contributed by atoms with E-state index in [1.807, 2.05) is 12.1 Å². The molecule has 4 heterocycles. The number of ketones is 1. The largest absolute Gasteiger partial charge is 0.298 e. The lowest BCUT2D eigenvalue weighted by atomic mass is 9.59. The number of hydrogen-bond acceptors (Lipinski definition) is 5. The first-order valence-corrected chi connectivity index (χ1v) is 9.16. The van der Waals surface area contributed by atoms with Crippen LogP contribution in [-0.4, -0.2) is 46.7 Å². The number of Topliss-reactive ketones (excluding diaryl/α,β-unsaturated/α-hetero) is 1. The van der Waals surface area contributed by atoms with Gasteiger partial charge in [0.2, 0.25) is 0 Å². The van der Waals surface area contributed by atoms with Crippen molar-refractivity contribution in [3.8, 4) is 0 Å². The van der Waals surface area contributed by atoms with Crippen LogP contribution in [0.15, 0.2) is 24.3 Å². The molecular formula is C19H25N3O3. The van der Waals surface area contributed by atoms with E-state index in [2.05, 4.69) is 23.6 Å². The van der Waals surface area contributed by atoms with E-state index in [-0.39, 0.29) is 27.6 Å². The van der Waals surface area contributed by atoms with Crippen molar-refractivity contribution in [2.45, 2.75) is 39.3 Å². The van der Waals surface area contributed by atoms with E-state index in [1.54, 1.807) is 12.1 Å². The summed E-state index contributed by atoms with van der Waals surface area (Å²) in [5.74, 6) is 0.461. The highest BCUT2D eigenvalue weighted by Crippen LogP contribution is 2.53. The molecule has 6 nitrogen and oxygen atoms in total. The van der Waals surface area contributed by atoms with E-state index in [1.165, 1.54) is 0 Å². The molecule has 5 rings (SSSR count). The van der Waals surface area contributed by atoms with Crippen molar-refractivity contribution in [3.63, 3.8) is 0 Å². The van der Waals surface area contributed by atoms with E-state index in [0.29, 0.717) is 5.78 Å². The van der Waals surface area contributed by atoms with E-state index in [9.17, 15) is 14.9 Å². The molecule has 0 radical (unpaired) electrons. The van der Waals surface area contributed by atoms with Crippen molar-refractivity contribution in [2.75, 3.05) is 26.2 Å². The van der Waals surface area contributed by atoms with Gasteiger partial charge in [-0.3, -0.25) is 24.7 Å². The maximum absolute atomic E-state index is 13.2. The van der Waals surface area contributed by atoms with Crippen molar-refractivity contribution in [3.05, 3.63) is 39.9 Å². The van der Waals surface area contributed by atoms with Crippen LogP contribution in [0, 0.1) is 20.9 Å². The molecule has 0 amide bonds. The zero-order chi connectivity index (χ0) is 17.8. The second-order valence-corrected chi connectivity index (χ2v) is 8.31. The minimum atomic E-state index is -0.360. The van der Waals surface area contributed by atoms with Crippen molar-refractivity contribution < 1.29 is 9.72 Å². The third-order valence-corrected chi connectivity index (χ3v) is 6.25. The van der Waals surface area contributed by atoms with E-state index < -0.39 is 0 Å². The van der Waals surface area contributed by atoms with E-state index in [4.69, 9.17) is 0 Å². The minimum absolute atomic E-state index is 0.124. The molecule has 4 aliphatic heterocycles. The highest BCUT2D eigenvalue weighted by atomic mass is 16.6. The zero-order valence-electron chi connectivity index (χ0n) is 14.9. The lowest BCUT2D eigenvalue weighted by molar-refractivity contribution is -0.384. The summed E-state index contributed by atoms with van der Waals surface area (Å²) in [7, 11) is 0. The summed E-state index contributed by atoms with van der Waals surface area (Å²) in [5.41, 5.74) is 0.713. The Bertz CT molecular complexity index is 699. The Labute approximate surface area is 147 Å². The number of hydrogen-bond donors (Lipinski definition) is 0. The van der Waals surface area contributed by atoms with E-state index >= 15 is 0 Å². The van der Waals surface area contributed by atoms with E-state index in [0.717, 1.165) is 51.0 Å². The Balaban J connectivity index is 1.65. The van der Waals surface area contributed by atoms with Gasteiger partial charge in [0.25, 0.3) is 5.69 Å². The molecule has 0 N–H and O–H groups in total. The van der Waals surface area contributed by atoms with Crippen LogP contribution < -0.4 is 0 Å². The van der Waals surface area contributed by atoms with Crippen molar-refractivity contribution in [1.82, 2.24) is 9.80 Å². The van der Waals surface area contributed by atoms with Crippen LogP contribution in [0.1, 0.15) is 44.8 Å². The van der Waals surface area contributed by atoms with Gasteiger partial charge in [-0.05, 0) is 24.1 Å². The van der Waals surface area contributed by atoms with Gasteiger partial charge in [-0.15, -0.1) is 0 Å². The molecule has 0 aromatic heterocycles. The Morgan fingerprint density at radius 2 is 1.76 bits per heavy atom. The van der Waals surface area contributed by atoms with Gasteiger partial charge in [0.05, 0.1) is 21.9 Å². The number of carbonyl (C=O) groups excluding carboxylic acids is 1. The highest BCUT2D eigenvalue weighted by Gasteiger charge is 2.63. The van der Waals surface area contributed by atoms with Gasteiger partial charge >= 0.3 is 0 Å². The number of nitro benzene ring substituents is 1. The normalized spacial score (nSPS) is 39.0. The summed E-state index contributed by atoms with van der Waals surface area (Å²) in [4.78, 5) is 28.5. The smallest absolute Gasteiger partial charge is 0.269 e. The van der Waals surface area contributed by atoms with Crippen molar-refractivity contribution in [1.29, 1.82) is 0 Å². The third-order valence-electron chi connectivity index (χ3n) is 6.25. The number of nitro groups is 1. The average molecular weight is 343 g/mol. The first kappa shape index (κ1) is 16.7. The van der Waals surface area contributed by atoms with Crippen molar-refractivity contribution >= 4 is 11.5 Å². The molecule has 0 spiro atoms. The molecule has 4 fully saturated rings. The number of rotatable bonds is 5. The summed E-state index contributed by atoms with van der Waals surface area (Å²) in [6, 6.07) is 6.91. The predicted octanol–water partition coefficient (Wildman–Crippen LogP) is 2.99. The molecule has 4 bridgehead atoms. The minimum Gasteiger partial charge on any atom is -0.298 e. The molecule has 134 valence electrons. The number of non-ortho nitro benzene ring substituents is 1. The molecular weight excluding hydrogens is 318 g/mol. The van der Waals surface area contributed by atoms with Gasteiger partial charge in [0.15, 0.2) is 0 Å². The molecule has 0 aliphatic carbocycles. The van der Waals surface area contributed by atoms with Crippen molar-refractivity contribution in [2.24, 2.45) is 10.8 Å². The Morgan fingerprint density at radius 3 is 2.28 bits per heavy atom. The quantitative estimate of drug-likeness (QED) is 0.607. The van der Waals surface area contributed by atoms with Gasteiger partial charge < -0.3 is 0 Å². The fraction of sp³-hybridized carbons (Fsp3) is 0.632. The number of nitrogens with zero attached hydrogens (tertiary/aromatic N) is 3. The molecule has 1 aromatic carbocycles. The maximum Gasteiger partial charge on any atom is 0.269 e. The average Bonchev–Trinajstić information content (AvgIpc) is 2.57. The molecule has 6 heteroatoms. The fourth-order valence-electron chi connectivity index (χ4n) is 5.37. The Morgan fingerprint density at radius 1 is 1.16 bits per heavy atom. The monoisotopic (exact) mass is 343 g/mol. The first-order valence-electron chi connectivity index (χ1n) is 9.16. The Hall–Kier alpha value is -1.79. The number of unbranched alkanes of at least 4 members (excludes halogenated alkanes) is 1. The molecule has 2 atom stereocenters. The van der Waals surface area contributed by atoms with Crippen LogP contribution in [-0.2, 0) is 4.79 Å². The van der Waals surface area contributed by atoms with Gasteiger partial charge in [-0.1, -0.05) is 26.7 Å². The number of piperidine rings is 2. The Kier molecular flexibility index (Phi) is 3.74. The van der Waals surface area contributed by atoms with Gasteiger partial charge in [-0.25, -0.2) is 0 Å². The summed E-state index contributed by atoms with van der Waals surface area (Å²) in [6.45, 7) is 7.50. The number of benzene rings is 1. The lowest BCUT2D eigenvalue weighted by Gasteiger charge is -2.65. The summed E-state index contributed by atoms with van der Waals surface area (Å²) in [5, 5.41) is 10.9. The molecule has 0 saturated carbocycles. The third kappa shape index (κ3) is 2.42. The van der Waals surface area contributed by atoms with Crippen LogP contribution in [0.2, 0.25) is 0 Å². The SMILES string of the molecule is CCCCC12CN3CC(C)(CN(C1)C3c1ccc([N+](=O)[O-])cc1)C2=O. The maximum atomic E-state index is 13.2. The van der Waals surface area contributed by atoms with Crippen LogP contribution in [0.4, 0.5) is 5.69 Å². The van der Waals surface area contributed by atoms with Crippen LogP contribution in [0.25, 0.3) is 0 Å². The van der Waals surface area contributed by atoms with Crippen LogP contribution in [0.5, 0.6) is 0 Å². The van der Waals surface area contributed by atoms with Crippen LogP contribution >= 0.6 is 0 Å². The summed E-state index contributed by atoms with van der Waals surface area (Å²) in [6.07, 6.45) is 3.30. The second kappa shape index (κ2) is 5.61. The molecule has 4 saturated heterocycles. The summed E-state index contributed by atoms with van der Waals surface area (Å²) < 4.78 is 0. The second-order valence-electron chi connectivity index (χ2n) is 8.31. The predicted molar refractivity (Wildman–Crippen MR) is 94.1 cm³/mol. The molecule has 25 heavy (non-hydrogen) atoms.